The zero-order valence-electron chi connectivity index (χ0n) is 18.7. The zero-order chi connectivity index (χ0) is 22.2. The highest BCUT2D eigenvalue weighted by Crippen LogP contribution is 2.29. The van der Waals surface area contributed by atoms with Crippen molar-refractivity contribution < 1.29 is 9.53 Å². The Balaban J connectivity index is 1.30. The van der Waals surface area contributed by atoms with Crippen LogP contribution in [0.2, 0.25) is 0 Å². The molecule has 0 spiro atoms. The van der Waals surface area contributed by atoms with Gasteiger partial charge >= 0.3 is 0 Å². The normalized spacial score (nSPS) is 15.2. The molecule has 0 unspecified atom stereocenters. The van der Waals surface area contributed by atoms with E-state index in [1.165, 1.54) is 11.1 Å². The Bertz CT molecular complexity index is 1000. The van der Waals surface area contributed by atoms with Crippen LogP contribution < -0.4 is 10.1 Å². The summed E-state index contributed by atoms with van der Waals surface area (Å²) in [5.74, 6) is 1.39. The van der Waals surface area contributed by atoms with E-state index in [2.05, 4.69) is 45.4 Å². The number of hydrogen-bond acceptors (Lipinski definition) is 4. The average molecular weight is 430 g/mol. The number of benzene rings is 3. The van der Waals surface area contributed by atoms with E-state index in [4.69, 9.17) is 4.74 Å². The average Bonchev–Trinajstić information content (AvgIpc) is 3.02. The van der Waals surface area contributed by atoms with Crippen molar-refractivity contribution in [3.63, 3.8) is 0 Å². The van der Waals surface area contributed by atoms with Crippen LogP contribution in [0.5, 0.6) is 11.5 Å². The molecule has 4 rings (SSSR count). The van der Waals surface area contributed by atoms with Gasteiger partial charge in [0.25, 0.3) is 0 Å². The van der Waals surface area contributed by atoms with Gasteiger partial charge in [-0.1, -0.05) is 60.2 Å². The van der Waals surface area contributed by atoms with Gasteiger partial charge in [-0.3, -0.25) is 14.6 Å². The summed E-state index contributed by atoms with van der Waals surface area (Å²) in [6.45, 7) is 7.24. The number of carbonyl (C=O) groups excluding carboxylic acids is 1. The van der Waals surface area contributed by atoms with Crippen LogP contribution in [0.15, 0.2) is 78.9 Å². The second kappa shape index (κ2) is 10.9. The molecule has 1 fully saturated rings. The van der Waals surface area contributed by atoms with Gasteiger partial charge in [-0.05, 0) is 56.3 Å². The number of carbonyl (C=O) groups is 1. The number of rotatable bonds is 7. The Labute approximate surface area is 190 Å². The summed E-state index contributed by atoms with van der Waals surface area (Å²) in [6.07, 6.45) is 1.06. The van der Waals surface area contributed by atoms with Crippen LogP contribution in [0.1, 0.15) is 17.5 Å². The maximum Gasteiger partial charge on any atom is 0.238 e. The molecule has 5 heteroatoms. The number of amides is 1. The number of ether oxygens (including phenoxy) is 1. The molecule has 166 valence electrons. The quantitative estimate of drug-likeness (QED) is 0.578. The predicted molar refractivity (Wildman–Crippen MR) is 129 cm³/mol. The Hall–Kier alpha value is -3.15. The van der Waals surface area contributed by atoms with E-state index in [0.29, 0.717) is 18.0 Å². The maximum atomic E-state index is 12.8. The van der Waals surface area contributed by atoms with E-state index in [0.717, 1.165) is 44.9 Å². The zero-order valence-corrected chi connectivity index (χ0v) is 18.7. The van der Waals surface area contributed by atoms with Gasteiger partial charge in [0.15, 0.2) is 5.75 Å². The molecule has 0 aromatic heterocycles. The van der Waals surface area contributed by atoms with Crippen molar-refractivity contribution in [1.82, 2.24) is 9.80 Å². The second-order valence-corrected chi connectivity index (χ2v) is 8.35. The van der Waals surface area contributed by atoms with Crippen LogP contribution in [0.3, 0.4) is 0 Å². The first-order valence-corrected chi connectivity index (χ1v) is 11.3. The van der Waals surface area contributed by atoms with E-state index < -0.39 is 0 Å². The molecule has 0 radical (unpaired) electrons. The minimum absolute atomic E-state index is 0.0125. The number of para-hydroxylation sites is 2. The lowest BCUT2D eigenvalue weighted by atomic mass is 10.2. The van der Waals surface area contributed by atoms with Gasteiger partial charge in [0.05, 0.1) is 12.2 Å². The topological polar surface area (TPSA) is 44.8 Å². The first-order valence-electron chi connectivity index (χ1n) is 11.3. The summed E-state index contributed by atoms with van der Waals surface area (Å²) in [5, 5.41) is 3.04. The molecule has 0 aliphatic carbocycles. The lowest BCUT2D eigenvalue weighted by molar-refractivity contribution is -0.117. The number of aryl methyl sites for hydroxylation is 1. The van der Waals surface area contributed by atoms with Gasteiger partial charge < -0.3 is 10.1 Å². The fourth-order valence-electron chi connectivity index (χ4n) is 3.97. The summed E-state index contributed by atoms with van der Waals surface area (Å²) in [7, 11) is 0. The number of nitrogens with zero attached hydrogens (tertiary/aromatic N) is 2. The lowest BCUT2D eigenvalue weighted by Crippen LogP contribution is -2.36. The SMILES string of the molecule is Cc1ccc(Oc2ccccc2NC(=O)CN2CCCN(Cc3ccccc3)CC2)cc1. The molecule has 1 saturated heterocycles. The maximum absolute atomic E-state index is 12.8. The third-order valence-corrected chi connectivity index (χ3v) is 5.71. The largest absolute Gasteiger partial charge is 0.455 e. The van der Waals surface area contributed by atoms with Crippen molar-refractivity contribution >= 4 is 11.6 Å². The molecule has 1 N–H and O–H groups in total. The molecular formula is C27H31N3O2. The Morgan fingerprint density at radius 2 is 1.53 bits per heavy atom. The molecule has 0 saturated carbocycles. The summed E-state index contributed by atoms with van der Waals surface area (Å²) < 4.78 is 6.01. The van der Waals surface area contributed by atoms with Gasteiger partial charge in [-0.25, -0.2) is 0 Å². The molecule has 32 heavy (non-hydrogen) atoms. The van der Waals surface area contributed by atoms with Crippen LogP contribution in [0, 0.1) is 6.92 Å². The van der Waals surface area contributed by atoms with Crippen LogP contribution in [0.25, 0.3) is 0 Å². The van der Waals surface area contributed by atoms with Crippen molar-refractivity contribution in [3.8, 4) is 11.5 Å². The standard InChI is InChI=1S/C27H31N3O2/c1-22-12-14-24(15-13-22)32-26-11-6-5-10-25(26)28-27(31)21-30-17-7-16-29(18-19-30)20-23-8-3-2-4-9-23/h2-6,8-15H,7,16-21H2,1H3,(H,28,31). The molecule has 0 atom stereocenters. The Kier molecular flexibility index (Phi) is 7.54. The van der Waals surface area contributed by atoms with E-state index in [1.807, 2.05) is 55.5 Å². The Morgan fingerprint density at radius 1 is 0.844 bits per heavy atom. The number of anilines is 1. The van der Waals surface area contributed by atoms with Gasteiger partial charge in [-0.15, -0.1) is 0 Å². The smallest absolute Gasteiger partial charge is 0.238 e. The highest BCUT2D eigenvalue weighted by atomic mass is 16.5. The van der Waals surface area contributed by atoms with E-state index in [9.17, 15) is 4.79 Å². The van der Waals surface area contributed by atoms with Crippen molar-refractivity contribution in [2.75, 3.05) is 38.0 Å². The summed E-state index contributed by atoms with van der Waals surface area (Å²) >= 11 is 0. The molecule has 1 aliphatic rings. The minimum Gasteiger partial charge on any atom is -0.455 e. The van der Waals surface area contributed by atoms with Crippen molar-refractivity contribution in [2.24, 2.45) is 0 Å². The molecule has 3 aromatic rings. The van der Waals surface area contributed by atoms with Crippen molar-refractivity contribution in [1.29, 1.82) is 0 Å². The van der Waals surface area contributed by atoms with Gasteiger partial charge in [0, 0.05) is 19.6 Å². The summed E-state index contributed by atoms with van der Waals surface area (Å²) in [5.41, 5.74) is 3.21. The third-order valence-electron chi connectivity index (χ3n) is 5.71. The summed E-state index contributed by atoms with van der Waals surface area (Å²) in [4.78, 5) is 17.5. The van der Waals surface area contributed by atoms with Crippen LogP contribution in [-0.2, 0) is 11.3 Å². The summed E-state index contributed by atoms with van der Waals surface area (Å²) in [6, 6.07) is 26.0. The fraction of sp³-hybridized carbons (Fsp3) is 0.296. The minimum atomic E-state index is -0.0125. The van der Waals surface area contributed by atoms with E-state index >= 15 is 0 Å². The molecule has 1 heterocycles. The molecule has 1 amide bonds. The van der Waals surface area contributed by atoms with Gasteiger partial charge in [-0.2, -0.15) is 0 Å². The predicted octanol–water partition coefficient (Wildman–Crippen LogP) is 4.93. The van der Waals surface area contributed by atoms with Crippen molar-refractivity contribution in [3.05, 3.63) is 90.0 Å². The first-order chi connectivity index (χ1) is 15.7. The highest BCUT2D eigenvalue weighted by Gasteiger charge is 2.18. The molecule has 5 nitrogen and oxygen atoms in total. The molecule has 0 bridgehead atoms. The van der Waals surface area contributed by atoms with E-state index in [-0.39, 0.29) is 5.91 Å². The van der Waals surface area contributed by atoms with Gasteiger partial charge in [0.2, 0.25) is 5.91 Å². The number of hydrogen-bond donors (Lipinski definition) is 1. The Morgan fingerprint density at radius 3 is 2.34 bits per heavy atom. The molecule has 1 aliphatic heterocycles. The molecular weight excluding hydrogens is 398 g/mol. The van der Waals surface area contributed by atoms with Crippen LogP contribution in [-0.4, -0.2) is 48.4 Å². The number of nitrogens with one attached hydrogen (secondary N) is 1. The van der Waals surface area contributed by atoms with Gasteiger partial charge in [0.1, 0.15) is 5.75 Å². The highest BCUT2D eigenvalue weighted by molar-refractivity contribution is 5.93. The van der Waals surface area contributed by atoms with Crippen LogP contribution >= 0.6 is 0 Å². The van der Waals surface area contributed by atoms with Crippen LogP contribution in [0.4, 0.5) is 5.69 Å². The second-order valence-electron chi connectivity index (χ2n) is 8.35. The van der Waals surface area contributed by atoms with Crippen molar-refractivity contribution in [2.45, 2.75) is 19.9 Å². The lowest BCUT2D eigenvalue weighted by Gasteiger charge is -2.21. The first kappa shape index (κ1) is 22.1. The molecule has 3 aromatic carbocycles. The monoisotopic (exact) mass is 429 g/mol. The third kappa shape index (κ3) is 6.42. The fourth-order valence-corrected chi connectivity index (χ4v) is 3.97. The van der Waals surface area contributed by atoms with E-state index in [1.54, 1.807) is 0 Å².